The third-order valence-electron chi connectivity index (χ3n) is 1.33. The van der Waals surface area contributed by atoms with Gasteiger partial charge in [-0.05, 0) is 23.0 Å². The molecule has 5 heteroatoms. The number of rotatable bonds is 1. The standard InChI is InChI=1S/C8H8ClN3S/c1-12(2)8(9)11-7-6(5-10)3-4-13-7/h3-4H,1-2H3/b11-8-. The van der Waals surface area contributed by atoms with Crippen LogP contribution in [0.4, 0.5) is 5.00 Å². The minimum absolute atomic E-state index is 0.374. The first kappa shape index (κ1) is 10.0. The summed E-state index contributed by atoms with van der Waals surface area (Å²) in [6.07, 6.45) is 0. The Labute approximate surface area is 85.9 Å². The largest absolute Gasteiger partial charge is 0.353 e. The van der Waals surface area contributed by atoms with Crippen LogP contribution >= 0.6 is 22.9 Å². The van der Waals surface area contributed by atoms with Gasteiger partial charge in [-0.1, -0.05) is 0 Å². The van der Waals surface area contributed by atoms with Crippen molar-refractivity contribution < 1.29 is 0 Å². The number of aliphatic imine (C=N–C) groups is 1. The van der Waals surface area contributed by atoms with Crippen LogP contribution in [0.25, 0.3) is 0 Å². The van der Waals surface area contributed by atoms with Gasteiger partial charge in [0.25, 0.3) is 0 Å². The molecule has 0 fully saturated rings. The molecule has 0 aliphatic carbocycles. The lowest BCUT2D eigenvalue weighted by molar-refractivity contribution is 0.635. The Morgan fingerprint density at radius 3 is 2.92 bits per heavy atom. The molecule has 1 aromatic rings. The van der Waals surface area contributed by atoms with Crippen LogP contribution in [0.2, 0.25) is 0 Å². The van der Waals surface area contributed by atoms with Gasteiger partial charge in [0.05, 0.1) is 5.56 Å². The first-order valence-electron chi connectivity index (χ1n) is 3.54. The van der Waals surface area contributed by atoms with E-state index in [9.17, 15) is 0 Å². The summed E-state index contributed by atoms with van der Waals surface area (Å²) in [4.78, 5) is 5.78. The second-order valence-electron chi connectivity index (χ2n) is 2.53. The first-order valence-corrected chi connectivity index (χ1v) is 4.80. The fourth-order valence-electron chi connectivity index (χ4n) is 0.657. The van der Waals surface area contributed by atoms with E-state index in [0.717, 1.165) is 0 Å². The van der Waals surface area contributed by atoms with Gasteiger partial charge in [-0.2, -0.15) is 5.26 Å². The van der Waals surface area contributed by atoms with Gasteiger partial charge < -0.3 is 4.90 Å². The maximum atomic E-state index is 8.69. The zero-order chi connectivity index (χ0) is 9.84. The number of thiophene rings is 1. The topological polar surface area (TPSA) is 39.4 Å². The van der Waals surface area contributed by atoms with Gasteiger partial charge in [-0.15, -0.1) is 11.3 Å². The molecule has 0 unspecified atom stereocenters. The summed E-state index contributed by atoms with van der Waals surface area (Å²) in [5.74, 6) is 0. The summed E-state index contributed by atoms with van der Waals surface area (Å²) in [6, 6.07) is 3.77. The minimum atomic E-state index is 0.374. The Morgan fingerprint density at radius 2 is 2.38 bits per heavy atom. The first-order chi connectivity index (χ1) is 6.15. The SMILES string of the molecule is CN(C)/C(Cl)=N\c1sccc1C#N. The molecule has 0 bridgehead atoms. The molecule has 0 saturated heterocycles. The zero-order valence-electron chi connectivity index (χ0n) is 7.28. The van der Waals surface area contributed by atoms with Crippen LogP contribution in [-0.4, -0.2) is 24.3 Å². The predicted octanol–water partition coefficient (Wildman–Crippen LogP) is 2.41. The number of hydrogen-bond donors (Lipinski definition) is 0. The molecule has 13 heavy (non-hydrogen) atoms. The molecular weight excluding hydrogens is 206 g/mol. The van der Waals surface area contributed by atoms with Gasteiger partial charge in [-0.25, -0.2) is 4.99 Å². The van der Waals surface area contributed by atoms with Crippen LogP contribution in [0.15, 0.2) is 16.4 Å². The van der Waals surface area contributed by atoms with Crippen LogP contribution in [0.5, 0.6) is 0 Å². The Hall–Kier alpha value is -1.05. The fraction of sp³-hybridized carbons (Fsp3) is 0.250. The second-order valence-corrected chi connectivity index (χ2v) is 3.76. The predicted molar refractivity (Wildman–Crippen MR) is 55.7 cm³/mol. The summed E-state index contributed by atoms with van der Waals surface area (Å²) in [7, 11) is 3.59. The molecular formula is C8H8ClN3S. The van der Waals surface area contributed by atoms with E-state index in [1.807, 2.05) is 11.4 Å². The van der Waals surface area contributed by atoms with Crippen molar-refractivity contribution in [1.82, 2.24) is 4.90 Å². The van der Waals surface area contributed by atoms with E-state index >= 15 is 0 Å². The lowest BCUT2D eigenvalue weighted by atomic mass is 10.4. The number of hydrogen-bond acceptors (Lipinski definition) is 3. The Kier molecular flexibility index (Phi) is 3.29. The molecule has 0 amide bonds. The summed E-state index contributed by atoms with van der Waals surface area (Å²) < 4.78 is 0. The van der Waals surface area contributed by atoms with Crippen molar-refractivity contribution in [3.05, 3.63) is 17.0 Å². The monoisotopic (exact) mass is 213 g/mol. The van der Waals surface area contributed by atoms with Gasteiger partial charge in [0.2, 0.25) is 0 Å². The molecule has 0 aromatic carbocycles. The van der Waals surface area contributed by atoms with Crippen molar-refractivity contribution >= 4 is 33.2 Å². The van der Waals surface area contributed by atoms with Crippen molar-refractivity contribution in [2.24, 2.45) is 4.99 Å². The van der Waals surface area contributed by atoms with Crippen LogP contribution in [-0.2, 0) is 0 Å². The molecule has 0 atom stereocenters. The zero-order valence-corrected chi connectivity index (χ0v) is 8.85. The second kappa shape index (κ2) is 4.26. The highest BCUT2D eigenvalue weighted by Gasteiger charge is 2.03. The quantitative estimate of drug-likeness (QED) is 0.408. The molecule has 0 aliphatic heterocycles. The third kappa shape index (κ3) is 2.44. The maximum absolute atomic E-state index is 8.69. The minimum Gasteiger partial charge on any atom is -0.353 e. The van der Waals surface area contributed by atoms with Crippen molar-refractivity contribution in [3.8, 4) is 6.07 Å². The van der Waals surface area contributed by atoms with E-state index in [4.69, 9.17) is 16.9 Å². The van der Waals surface area contributed by atoms with Crippen molar-refractivity contribution in [1.29, 1.82) is 5.26 Å². The number of nitriles is 1. The van der Waals surface area contributed by atoms with Gasteiger partial charge in [0.1, 0.15) is 11.1 Å². The van der Waals surface area contributed by atoms with Crippen LogP contribution in [0, 0.1) is 11.3 Å². The van der Waals surface area contributed by atoms with Crippen LogP contribution in [0.1, 0.15) is 5.56 Å². The number of amidine groups is 1. The van der Waals surface area contributed by atoms with Crippen LogP contribution in [0.3, 0.4) is 0 Å². The number of halogens is 1. The Balaban J connectivity index is 2.98. The van der Waals surface area contributed by atoms with E-state index in [-0.39, 0.29) is 0 Å². The third-order valence-corrected chi connectivity index (χ3v) is 2.56. The van der Waals surface area contributed by atoms with Gasteiger partial charge in [0.15, 0.2) is 5.29 Å². The molecule has 0 N–H and O–H groups in total. The summed E-state index contributed by atoms with van der Waals surface area (Å²) >= 11 is 7.21. The van der Waals surface area contributed by atoms with E-state index in [1.165, 1.54) is 11.3 Å². The molecule has 68 valence electrons. The molecule has 1 rings (SSSR count). The lowest BCUT2D eigenvalue weighted by Gasteiger charge is -2.07. The lowest BCUT2D eigenvalue weighted by Crippen LogP contribution is -2.15. The molecule has 0 saturated carbocycles. The van der Waals surface area contributed by atoms with Gasteiger partial charge in [0, 0.05) is 14.1 Å². The van der Waals surface area contributed by atoms with Crippen molar-refractivity contribution in [3.63, 3.8) is 0 Å². The summed E-state index contributed by atoms with van der Waals surface area (Å²) in [5, 5.41) is 11.5. The van der Waals surface area contributed by atoms with Gasteiger partial charge >= 0.3 is 0 Å². The maximum Gasteiger partial charge on any atom is 0.199 e. The van der Waals surface area contributed by atoms with Crippen molar-refractivity contribution in [2.45, 2.75) is 0 Å². The van der Waals surface area contributed by atoms with E-state index in [1.54, 1.807) is 25.1 Å². The van der Waals surface area contributed by atoms with Crippen molar-refractivity contribution in [2.75, 3.05) is 14.1 Å². The highest BCUT2D eigenvalue weighted by Crippen LogP contribution is 2.26. The molecule has 3 nitrogen and oxygen atoms in total. The average Bonchev–Trinajstić information content (AvgIpc) is 2.51. The molecule has 0 radical (unpaired) electrons. The van der Waals surface area contributed by atoms with E-state index < -0.39 is 0 Å². The Bertz CT molecular complexity index is 362. The highest BCUT2D eigenvalue weighted by atomic mass is 35.5. The average molecular weight is 214 g/mol. The summed E-state index contributed by atoms with van der Waals surface area (Å²) in [6.45, 7) is 0. The molecule has 0 spiro atoms. The smallest absolute Gasteiger partial charge is 0.199 e. The molecule has 0 aliphatic rings. The number of nitrogens with zero attached hydrogens (tertiary/aromatic N) is 3. The normalized spacial score (nSPS) is 11.1. The Morgan fingerprint density at radius 1 is 1.69 bits per heavy atom. The van der Waals surface area contributed by atoms with E-state index in [2.05, 4.69) is 4.99 Å². The fourth-order valence-corrected chi connectivity index (χ4v) is 1.50. The van der Waals surface area contributed by atoms with E-state index in [0.29, 0.717) is 15.9 Å². The summed E-state index contributed by atoms with van der Waals surface area (Å²) in [5.41, 5.74) is 0.560. The highest BCUT2D eigenvalue weighted by molar-refractivity contribution is 7.14. The van der Waals surface area contributed by atoms with Gasteiger partial charge in [-0.3, -0.25) is 0 Å². The molecule has 1 heterocycles. The van der Waals surface area contributed by atoms with Crippen LogP contribution < -0.4 is 0 Å². The molecule has 1 aromatic heterocycles.